The van der Waals surface area contributed by atoms with Crippen LogP contribution in [0.2, 0.25) is 0 Å². The molecule has 0 atom stereocenters. The molecule has 21 heavy (non-hydrogen) atoms. The number of aromatic nitrogens is 3. The van der Waals surface area contributed by atoms with Crippen molar-refractivity contribution in [3.63, 3.8) is 0 Å². The monoisotopic (exact) mass is 325 g/mol. The highest BCUT2D eigenvalue weighted by Gasteiger charge is 2.21. The Morgan fingerprint density at radius 2 is 2.14 bits per heavy atom. The SMILES string of the molecule is C#Cc1cc(=O)nc2sc(S(=O)(=O)CCCCCC)nn12. The molecule has 0 fully saturated rings. The summed E-state index contributed by atoms with van der Waals surface area (Å²) >= 11 is 0.869. The third-order valence-corrected chi connectivity index (χ3v) is 6.07. The summed E-state index contributed by atoms with van der Waals surface area (Å²) in [5.41, 5.74) is -0.299. The van der Waals surface area contributed by atoms with Crippen LogP contribution in [0, 0.1) is 12.3 Å². The largest absolute Gasteiger partial charge is 0.275 e. The van der Waals surface area contributed by atoms with E-state index in [1.165, 1.54) is 4.52 Å². The van der Waals surface area contributed by atoms with E-state index < -0.39 is 15.4 Å². The molecule has 112 valence electrons. The van der Waals surface area contributed by atoms with Crippen molar-refractivity contribution in [3.8, 4) is 12.3 Å². The van der Waals surface area contributed by atoms with Gasteiger partial charge in [-0.3, -0.25) is 4.79 Å². The summed E-state index contributed by atoms with van der Waals surface area (Å²) in [6.45, 7) is 2.06. The van der Waals surface area contributed by atoms with Gasteiger partial charge in [0.1, 0.15) is 5.69 Å². The van der Waals surface area contributed by atoms with E-state index in [0.717, 1.165) is 36.7 Å². The third-order valence-electron chi connectivity index (χ3n) is 2.92. The van der Waals surface area contributed by atoms with Crippen molar-refractivity contribution in [1.82, 2.24) is 14.6 Å². The summed E-state index contributed by atoms with van der Waals surface area (Å²) in [5.74, 6) is 2.35. The van der Waals surface area contributed by atoms with E-state index in [-0.39, 0.29) is 20.7 Å². The first-order valence-electron chi connectivity index (χ1n) is 6.58. The molecule has 0 N–H and O–H groups in total. The minimum atomic E-state index is -3.46. The summed E-state index contributed by atoms with van der Waals surface area (Å²) in [7, 11) is -3.46. The number of terminal acetylenes is 1. The molecule has 0 aliphatic carbocycles. The highest BCUT2D eigenvalue weighted by molar-refractivity contribution is 7.93. The smallest absolute Gasteiger partial charge is 0.267 e. The fourth-order valence-electron chi connectivity index (χ4n) is 1.83. The van der Waals surface area contributed by atoms with E-state index in [4.69, 9.17) is 6.42 Å². The van der Waals surface area contributed by atoms with Crippen molar-refractivity contribution in [2.24, 2.45) is 0 Å². The van der Waals surface area contributed by atoms with Gasteiger partial charge < -0.3 is 0 Å². The lowest BCUT2D eigenvalue weighted by molar-refractivity contribution is 0.586. The van der Waals surface area contributed by atoms with Crippen molar-refractivity contribution in [3.05, 3.63) is 22.1 Å². The topological polar surface area (TPSA) is 81.4 Å². The second-order valence-corrected chi connectivity index (χ2v) is 7.80. The van der Waals surface area contributed by atoms with E-state index in [0.29, 0.717) is 6.42 Å². The van der Waals surface area contributed by atoms with E-state index in [2.05, 4.69) is 22.9 Å². The summed E-state index contributed by atoms with van der Waals surface area (Å²) in [6.07, 6.45) is 8.80. The fourth-order valence-corrected chi connectivity index (χ4v) is 4.42. The first-order chi connectivity index (χ1) is 9.97. The Morgan fingerprint density at radius 1 is 1.38 bits per heavy atom. The van der Waals surface area contributed by atoms with E-state index in [9.17, 15) is 13.2 Å². The number of nitrogens with zero attached hydrogens (tertiary/aromatic N) is 3. The Kier molecular flexibility index (Phi) is 4.75. The molecule has 0 aliphatic rings. The molecule has 0 spiro atoms. The van der Waals surface area contributed by atoms with Gasteiger partial charge in [0.05, 0.1) is 5.75 Å². The Balaban J connectivity index is 2.35. The first kappa shape index (κ1) is 15.7. The zero-order valence-corrected chi connectivity index (χ0v) is 13.2. The predicted molar refractivity (Wildman–Crippen MR) is 81.3 cm³/mol. The predicted octanol–water partition coefficient (Wildman–Crippen LogP) is 1.49. The zero-order chi connectivity index (χ0) is 15.5. The van der Waals surface area contributed by atoms with Crippen LogP contribution in [0.3, 0.4) is 0 Å². The molecule has 2 heterocycles. The molecular formula is C13H15N3O3S2. The van der Waals surface area contributed by atoms with Crippen LogP contribution in [0.1, 0.15) is 38.3 Å². The number of unbranched alkanes of at least 4 members (excludes halogenated alkanes) is 3. The minimum Gasteiger partial charge on any atom is -0.267 e. The molecule has 0 bridgehead atoms. The van der Waals surface area contributed by atoms with Crippen molar-refractivity contribution in [2.75, 3.05) is 5.75 Å². The summed E-state index contributed by atoms with van der Waals surface area (Å²) in [6, 6.07) is 1.16. The van der Waals surface area contributed by atoms with Crippen molar-refractivity contribution in [2.45, 2.75) is 36.9 Å². The van der Waals surface area contributed by atoms with Crippen LogP contribution in [-0.4, -0.2) is 28.8 Å². The van der Waals surface area contributed by atoms with Gasteiger partial charge in [0, 0.05) is 6.07 Å². The van der Waals surface area contributed by atoms with Gasteiger partial charge in [-0.05, 0) is 12.3 Å². The Labute approximate surface area is 126 Å². The minimum absolute atomic E-state index is 0.0446. The second-order valence-electron chi connectivity index (χ2n) is 4.57. The fraction of sp³-hybridized carbons (Fsp3) is 0.462. The molecule has 6 nitrogen and oxygen atoms in total. The zero-order valence-electron chi connectivity index (χ0n) is 11.6. The Hall–Kier alpha value is -1.72. The molecule has 0 aliphatic heterocycles. The van der Waals surface area contributed by atoms with Crippen LogP contribution in [-0.2, 0) is 9.84 Å². The van der Waals surface area contributed by atoms with Gasteiger partial charge in [-0.2, -0.15) is 9.50 Å². The molecule has 0 unspecified atom stereocenters. The normalized spacial score (nSPS) is 11.6. The van der Waals surface area contributed by atoms with Gasteiger partial charge in [-0.15, -0.1) is 11.5 Å². The van der Waals surface area contributed by atoms with Crippen molar-refractivity contribution in [1.29, 1.82) is 0 Å². The number of hydrogen-bond acceptors (Lipinski definition) is 6. The maximum atomic E-state index is 12.2. The maximum Gasteiger partial charge on any atom is 0.275 e. The summed E-state index contributed by atoms with van der Waals surface area (Å²) in [5, 5.41) is 4.00. The summed E-state index contributed by atoms with van der Waals surface area (Å²) < 4.78 is 25.6. The number of hydrogen-bond donors (Lipinski definition) is 0. The maximum absolute atomic E-state index is 12.2. The number of rotatable bonds is 6. The highest BCUT2D eigenvalue weighted by atomic mass is 32.2. The summed E-state index contributed by atoms with van der Waals surface area (Å²) in [4.78, 5) is 15.3. The van der Waals surface area contributed by atoms with Crippen LogP contribution < -0.4 is 5.56 Å². The second kappa shape index (κ2) is 6.37. The molecule has 8 heteroatoms. The third kappa shape index (κ3) is 3.49. The Bertz CT molecular complexity index is 844. The van der Waals surface area contributed by atoms with Crippen LogP contribution >= 0.6 is 11.3 Å². The molecule has 0 aromatic carbocycles. The van der Waals surface area contributed by atoms with Crippen LogP contribution in [0.4, 0.5) is 0 Å². The van der Waals surface area contributed by atoms with Gasteiger partial charge in [0.2, 0.25) is 19.1 Å². The molecule has 0 amide bonds. The van der Waals surface area contributed by atoms with E-state index in [1.54, 1.807) is 0 Å². The van der Waals surface area contributed by atoms with Gasteiger partial charge >= 0.3 is 0 Å². The van der Waals surface area contributed by atoms with Crippen LogP contribution in [0.5, 0.6) is 0 Å². The average molecular weight is 325 g/mol. The van der Waals surface area contributed by atoms with Gasteiger partial charge in [-0.1, -0.05) is 37.5 Å². The number of fused-ring (bicyclic) bond motifs is 1. The molecule has 2 aromatic rings. The van der Waals surface area contributed by atoms with Gasteiger partial charge in [-0.25, -0.2) is 8.42 Å². The Morgan fingerprint density at radius 3 is 2.81 bits per heavy atom. The number of sulfone groups is 1. The van der Waals surface area contributed by atoms with Crippen LogP contribution in [0.15, 0.2) is 15.2 Å². The molecular weight excluding hydrogens is 310 g/mol. The molecule has 0 saturated heterocycles. The molecule has 2 rings (SSSR count). The van der Waals surface area contributed by atoms with E-state index >= 15 is 0 Å². The standard InChI is InChI=1S/C13H15N3O3S2/c1-3-5-6-7-8-21(18,19)13-15-16-10(4-2)9-11(17)14-12(16)20-13/h2,9H,3,5-8H2,1H3. The lowest BCUT2D eigenvalue weighted by atomic mass is 10.2. The lowest BCUT2D eigenvalue weighted by Crippen LogP contribution is -2.10. The highest BCUT2D eigenvalue weighted by Crippen LogP contribution is 2.20. The molecule has 0 radical (unpaired) electrons. The quantitative estimate of drug-likeness (QED) is 0.593. The van der Waals surface area contributed by atoms with Crippen molar-refractivity contribution < 1.29 is 8.42 Å². The first-order valence-corrected chi connectivity index (χ1v) is 9.05. The van der Waals surface area contributed by atoms with Crippen molar-refractivity contribution >= 4 is 26.1 Å². The molecule has 0 saturated carbocycles. The van der Waals surface area contributed by atoms with E-state index in [1.807, 2.05) is 0 Å². The molecule has 2 aromatic heterocycles. The lowest BCUT2D eigenvalue weighted by Gasteiger charge is -1.99. The van der Waals surface area contributed by atoms with Gasteiger partial charge in [0.25, 0.3) is 5.56 Å². The van der Waals surface area contributed by atoms with Gasteiger partial charge in [0.15, 0.2) is 0 Å². The average Bonchev–Trinajstić information content (AvgIpc) is 2.87. The van der Waals surface area contributed by atoms with Crippen LogP contribution in [0.25, 0.3) is 4.96 Å².